The van der Waals surface area contributed by atoms with E-state index in [9.17, 15) is 5.11 Å². The van der Waals surface area contributed by atoms with Gasteiger partial charge >= 0.3 is 0 Å². The van der Waals surface area contributed by atoms with Crippen molar-refractivity contribution in [3.05, 3.63) is 0 Å². The number of hydrogen-bond acceptors (Lipinski definition) is 2. The second-order valence-corrected chi connectivity index (χ2v) is 2.96. The molecular weight excluding hydrogens is 114 g/mol. The second-order valence-electron chi connectivity index (χ2n) is 2.96. The van der Waals surface area contributed by atoms with Gasteiger partial charge in [-0.1, -0.05) is 6.92 Å². The van der Waals surface area contributed by atoms with E-state index in [0.29, 0.717) is 5.92 Å². The molecule has 0 radical (unpaired) electrons. The highest BCUT2D eigenvalue weighted by atomic mass is 16.3. The van der Waals surface area contributed by atoms with Crippen molar-refractivity contribution in [1.82, 2.24) is 4.90 Å². The zero-order chi connectivity index (χ0) is 6.85. The van der Waals surface area contributed by atoms with Crippen LogP contribution >= 0.6 is 0 Å². The van der Waals surface area contributed by atoms with Crippen molar-refractivity contribution < 1.29 is 5.11 Å². The van der Waals surface area contributed by atoms with Gasteiger partial charge in [0.25, 0.3) is 0 Å². The van der Waals surface area contributed by atoms with Gasteiger partial charge in [-0.2, -0.15) is 0 Å². The number of likely N-dealkylation sites (N-methyl/N-ethyl adjacent to an activating group) is 1. The number of nitrogens with zero attached hydrogens (tertiary/aromatic N) is 1. The lowest BCUT2D eigenvalue weighted by atomic mass is 10.0. The minimum Gasteiger partial charge on any atom is -0.391 e. The van der Waals surface area contributed by atoms with Gasteiger partial charge in [-0.3, -0.25) is 0 Å². The number of β-amino-alcohol motifs (C(OH)–C–C–N with tert-alkyl or cyclic N) is 1. The summed E-state index contributed by atoms with van der Waals surface area (Å²) < 4.78 is 0. The summed E-state index contributed by atoms with van der Waals surface area (Å²) in [7, 11) is 2.05. The summed E-state index contributed by atoms with van der Waals surface area (Å²) in [5.41, 5.74) is 0. The van der Waals surface area contributed by atoms with Gasteiger partial charge < -0.3 is 10.0 Å². The van der Waals surface area contributed by atoms with Gasteiger partial charge in [-0.05, 0) is 19.4 Å². The molecular formula is C7H15NO. The molecule has 1 fully saturated rings. The van der Waals surface area contributed by atoms with Gasteiger partial charge in [0.15, 0.2) is 0 Å². The summed E-state index contributed by atoms with van der Waals surface area (Å²) in [4.78, 5) is 2.18. The van der Waals surface area contributed by atoms with Gasteiger partial charge in [0.2, 0.25) is 0 Å². The van der Waals surface area contributed by atoms with Crippen LogP contribution in [0.1, 0.15) is 13.3 Å². The largest absolute Gasteiger partial charge is 0.391 e. The molecule has 0 aromatic rings. The van der Waals surface area contributed by atoms with E-state index >= 15 is 0 Å². The molecule has 2 atom stereocenters. The lowest BCUT2D eigenvalue weighted by Gasteiger charge is -2.08. The van der Waals surface area contributed by atoms with Crippen LogP contribution in [0.15, 0.2) is 0 Å². The number of rotatable bonds is 1. The average molecular weight is 129 g/mol. The van der Waals surface area contributed by atoms with Crippen LogP contribution in [0.25, 0.3) is 0 Å². The molecule has 0 saturated carbocycles. The van der Waals surface area contributed by atoms with Gasteiger partial charge in [-0.25, -0.2) is 0 Å². The topological polar surface area (TPSA) is 23.5 Å². The van der Waals surface area contributed by atoms with Crippen molar-refractivity contribution in [2.75, 3.05) is 20.1 Å². The monoisotopic (exact) mass is 129 g/mol. The number of likely N-dealkylation sites (tertiary alicyclic amines) is 1. The maximum atomic E-state index is 9.32. The molecule has 1 aliphatic heterocycles. The first-order chi connectivity index (χ1) is 4.24. The predicted octanol–water partition coefficient (Wildman–Crippen LogP) is 0.319. The summed E-state index contributed by atoms with van der Waals surface area (Å²) in [6, 6.07) is 0. The Morgan fingerprint density at radius 2 is 2.22 bits per heavy atom. The first-order valence-corrected chi connectivity index (χ1v) is 3.60. The van der Waals surface area contributed by atoms with Crippen LogP contribution in [-0.4, -0.2) is 36.2 Å². The molecule has 1 unspecified atom stereocenters. The fourth-order valence-electron chi connectivity index (χ4n) is 1.47. The Bertz CT molecular complexity index is 94.9. The highest BCUT2D eigenvalue weighted by molar-refractivity contribution is 4.80. The summed E-state index contributed by atoms with van der Waals surface area (Å²) in [6.45, 7) is 4.06. The molecule has 1 rings (SSSR count). The van der Waals surface area contributed by atoms with E-state index in [1.54, 1.807) is 0 Å². The predicted molar refractivity (Wildman–Crippen MR) is 37.3 cm³/mol. The summed E-state index contributed by atoms with van der Waals surface area (Å²) in [6.07, 6.45) is 1.03. The SMILES string of the molecule is CC[C@H]1CN(C)CC1O. The first kappa shape index (κ1) is 7.03. The molecule has 9 heavy (non-hydrogen) atoms. The Labute approximate surface area is 56.5 Å². The van der Waals surface area contributed by atoms with Crippen LogP contribution in [0.4, 0.5) is 0 Å². The highest BCUT2D eigenvalue weighted by Gasteiger charge is 2.26. The smallest absolute Gasteiger partial charge is 0.0707 e. The maximum absolute atomic E-state index is 9.32. The van der Waals surface area contributed by atoms with E-state index in [1.165, 1.54) is 0 Å². The lowest BCUT2D eigenvalue weighted by Crippen LogP contribution is -2.17. The summed E-state index contributed by atoms with van der Waals surface area (Å²) in [5, 5.41) is 9.32. The van der Waals surface area contributed by atoms with Crippen molar-refractivity contribution in [3.8, 4) is 0 Å². The normalized spacial score (nSPS) is 37.7. The Kier molecular flexibility index (Phi) is 2.09. The van der Waals surface area contributed by atoms with E-state index in [-0.39, 0.29) is 6.10 Å². The number of aliphatic hydroxyl groups is 1. The first-order valence-electron chi connectivity index (χ1n) is 3.60. The van der Waals surface area contributed by atoms with Crippen LogP contribution in [0.3, 0.4) is 0 Å². The second kappa shape index (κ2) is 2.67. The van der Waals surface area contributed by atoms with Crippen molar-refractivity contribution in [2.24, 2.45) is 5.92 Å². The molecule has 2 heteroatoms. The fraction of sp³-hybridized carbons (Fsp3) is 1.00. The van der Waals surface area contributed by atoms with E-state index in [2.05, 4.69) is 18.9 Å². The fourth-order valence-corrected chi connectivity index (χ4v) is 1.47. The quantitative estimate of drug-likeness (QED) is 0.551. The standard InChI is InChI=1S/C7H15NO/c1-3-6-4-8(2)5-7(6)9/h6-7,9H,3-5H2,1-2H3/t6-,7?/m0/s1. The maximum Gasteiger partial charge on any atom is 0.0707 e. The van der Waals surface area contributed by atoms with Crippen LogP contribution < -0.4 is 0 Å². The zero-order valence-electron chi connectivity index (χ0n) is 6.17. The van der Waals surface area contributed by atoms with Gasteiger partial charge in [0.05, 0.1) is 6.10 Å². The number of hydrogen-bond donors (Lipinski definition) is 1. The lowest BCUT2D eigenvalue weighted by molar-refractivity contribution is 0.141. The van der Waals surface area contributed by atoms with Crippen LogP contribution in [-0.2, 0) is 0 Å². The Balaban J connectivity index is 2.38. The molecule has 0 aromatic carbocycles. The van der Waals surface area contributed by atoms with E-state index in [1.807, 2.05) is 0 Å². The molecule has 2 nitrogen and oxygen atoms in total. The third kappa shape index (κ3) is 1.43. The minimum atomic E-state index is -0.0694. The minimum absolute atomic E-state index is 0.0694. The third-order valence-corrected chi connectivity index (χ3v) is 2.11. The van der Waals surface area contributed by atoms with E-state index in [4.69, 9.17) is 0 Å². The Hall–Kier alpha value is -0.0800. The molecule has 0 amide bonds. The number of aliphatic hydroxyl groups excluding tert-OH is 1. The highest BCUT2D eigenvalue weighted by Crippen LogP contribution is 2.17. The summed E-state index contributed by atoms with van der Waals surface area (Å²) >= 11 is 0. The molecule has 0 bridgehead atoms. The molecule has 0 aromatic heterocycles. The van der Waals surface area contributed by atoms with Gasteiger partial charge in [-0.15, -0.1) is 0 Å². The molecule has 1 heterocycles. The zero-order valence-corrected chi connectivity index (χ0v) is 6.17. The van der Waals surface area contributed by atoms with Gasteiger partial charge in [0.1, 0.15) is 0 Å². The van der Waals surface area contributed by atoms with Crippen LogP contribution in [0, 0.1) is 5.92 Å². The molecule has 54 valence electrons. The molecule has 1 N–H and O–H groups in total. The van der Waals surface area contributed by atoms with E-state index in [0.717, 1.165) is 19.5 Å². The van der Waals surface area contributed by atoms with Crippen molar-refractivity contribution in [3.63, 3.8) is 0 Å². The molecule has 1 saturated heterocycles. The Morgan fingerprint density at radius 3 is 2.44 bits per heavy atom. The van der Waals surface area contributed by atoms with Crippen molar-refractivity contribution in [2.45, 2.75) is 19.4 Å². The average Bonchev–Trinajstić information content (AvgIpc) is 2.10. The van der Waals surface area contributed by atoms with Crippen LogP contribution in [0.5, 0.6) is 0 Å². The van der Waals surface area contributed by atoms with Gasteiger partial charge in [0, 0.05) is 13.1 Å². The van der Waals surface area contributed by atoms with Crippen molar-refractivity contribution >= 4 is 0 Å². The molecule has 1 aliphatic rings. The van der Waals surface area contributed by atoms with Crippen LogP contribution in [0.2, 0.25) is 0 Å². The van der Waals surface area contributed by atoms with E-state index < -0.39 is 0 Å². The van der Waals surface area contributed by atoms with Crippen molar-refractivity contribution in [1.29, 1.82) is 0 Å². The summed E-state index contributed by atoms with van der Waals surface area (Å²) in [5.74, 6) is 0.523. The molecule has 0 aliphatic carbocycles. The Morgan fingerprint density at radius 1 is 1.56 bits per heavy atom. The molecule has 0 spiro atoms. The third-order valence-electron chi connectivity index (χ3n) is 2.11.